The third-order valence-electron chi connectivity index (χ3n) is 0.514. The molecular weight excluding hydrogens is 256 g/mol. The van der Waals surface area contributed by atoms with Crippen LogP contribution in [0.4, 0.5) is 0 Å². The van der Waals surface area contributed by atoms with Crippen LogP contribution in [0.1, 0.15) is 0 Å². The first-order chi connectivity index (χ1) is 4.18. The molecule has 0 fully saturated rings. The topological polar surface area (TPSA) is 46.5 Å². The molecule has 0 radical (unpaired) electrons. The quantitative estimate of drug-likeness (QED) is 0.599. The molecule has 0 aliphatic heterocycles. The number of aliphatic hydroxyl groups is 1. The second kappa shape index (κ2) is 5.20. The van der Waals surface area contributed by atoms with Gasteiger partial charge in [-0.25, -0.2) is 4.79 Å². The maximum Gasteiger partial charge on any atom is 0.330 e. The molecule has 54 valence electrons. The van der Waals surface area contributed by atoms with Crippen LogP contribution >= 0.6 is 31.9 Å². The standard InChI is InChI=1S/C4H6Br2O3/c5-3(6)4(8)9-2-1-7/h3,7H,1-2H2. The van der Waals surface area contributed by atoms with E-state index in [1.807, 2.05) is 0 Å². The fourth-order valence-electron chi connectivity index (χ4n) is 0.209. The highest BCUT2D eigenvalue weighted by Crippen LogP contribution is 2.08. The van der Waals surface area contributed by atoms with Crippen LogP contribution < -0.4 is 0 Å². The van der Waals surface area contributed by atoms with E-state index < -0.39 is 9.71 Å². The number of rotatable bonds is 3. The summed E-state index contributed by atoms with van der Waals surface area (Å²) in [6.07, 6.45) is 0. The van der Waals surface area contributed by atoms with Crippen LogP contribution in [0.3, 0.4) is 0 Å². The summed E-state index contributed by atoms with van der Waals surface area (Å²) in [7, 11) is 0. The maximum absolute atomic E-state index is 10.5. The Bertz CT molecular complexity index is 93.8. The van der Waals surface area contributed by atoms with Gasteiger partial charge in [-0.15, -0.1) is 0 Å². The monoisotopic (exact) mass is 260 g/mol. The molecule has 0 unspecified atom stereocenters. The van der Waals surface area contributed by atoms with Gasteiger partial charge < -0.3 is 9.84 Å². The van der Waals surface area contributed by atoms with Crippen LogP contribution in [0.2, 0.25) is 0 Å². The number of halogens is 2. The van der Waals surface area contributed by atoms with Crippen LogP contribution in [0.15, 0.2) is 0 Å². The Hall–Kier alpha value is 0.390. The Morgan fingerprint density at radius 3 is 2.56 bits per heavy atom. The van der Waals surface area contributed by atoms with Gasteiger partial charge in [0, 0.05) is 0 Å². The van der Waals surface area contributed by atoms with Gasteiger partial charge >= 0.3 is 5.97 Å². The highest BCUT2D eigenvalue weighted by atomic mass is 79.9. The summed E-state index contributed by atoms with van der Waals surface area (Å²) in [6.45, 7) is -0.0923. The fraction of sp³-hybridized carbons (Fsp3) is 0.750. The predicted octanol–water partition coefficient (Wildman–Crippen LogP) is 0.638. The number of esters is 1. The van der Waals surface area contributed by atoms with E-state index in [0.29, 0.717) is 0 Å². The minimum Gasteiger partial charge on any atom is -0.462 e. The van der Waals surface area contributed by atoms with Crippen molar-refractivity contribution in [3.8, 4) is 0 Å². The van der Waals surface area contributed by atoms with Crippen molar-refractivity contribution in [2.24, 2.45) is 0 Å². The zero-order valence-electron chi connectivity index (χ0n) is 4.51. The van der Waals surface area contributed by atoms with E-state index in [9.17, 15) is 4.79 Å². The second-order valence-electron chi connectivity index (χ2n) is 1.19. The Kier molecular flexibility index (Phi) is 5.42. The molecule has 1 N–H and O–H groups in total. The van der Waals surface area contributed by atoms with Crippen LogP contribution in [0.25, 0.3) is 0 Å². The van der Waals surface area contributed by atoms with Crippen molar-refractivity contribution in [2.75, 3.05) is 13.2 Å². The number of hydrogen-bond acceptors (Lipinski definition) is 3. The van der Waals surface area contributed by atoms with Crippen LogP contribution in [-0.2, 0) is 9.53 Å². The molecule has 0 aromatic carbocycles. The molecule has 0 aliphatic carbocycles. The summed E-state index contributed by atoms with van der Waals surface area (Å²) in [5, 5.41) is 8.19. The SMILES string of the molecule is O=C(OCCO)C(Br)Br. The number of alkyl halides is 2. The number of carbonyl (C=O) groups is 1. The first-order valence-electron chi connectivity index (χ1n) is 2.24. The van der Waals surface area contributed by atoms with Gasteiger partial charge in [-0.1, -0.05) is 31.9 Å². The molecule has 0 aliphatic rings. The molecule has 0 amide bonds. The number of hydrogen-bond donors (Lipinski definition) is 1. The van der Waals surface area contributed by atoms with Crippen LogP contribution in [0, 0.1) is 0 Å². The number of ether oxygens (including phenoxy) is 1. The Morgan fingerprint density at radius 2 is 2.22 bits per heavy atom. The van der Waals surface area contributed by atoms with E-state index in [1.54, 1.807) is 0 Å². The van der Waals surface area contributed by atoms with E-state index in [-0.39, 0.29) is 13.2 Å². The van der Waals surface area contributed by atoms with Crippen LogP contribution in [0.5, 0.6) is 0 Å². The maximum atomic E-state index is 10.5. The summed E-state index contributed by atoms with van der Waals surface area (Å²) < 4.78 is 3.99. The van der Waals surface area contributed by atoms with Crippen molar-refractivity contribution >= 4 is 37.8 Å². The van der Waals surface area contributed by atoms with Crippen molar-refractivity contribution in [2.45, 2.75) is 3.74 Å². The van der Waals surface area contributed by atoms with Gasteiger partial charge in [0.1, 0.15) is 6.61 Å². The zero-order chi connectivity index (χ0) is 7.28. The lowest BCUT2D eigenvalue weighted by molar-refractivity contribution is -0.141. The smallest absolute Gasteiger partial charge is 0.330 e. The number of aliphatic hydroxyl groups excluding tert-OH is 1. The predicted molar refractivity (Wildman–Crippen MR) is 39.7 cm³/mol. The molecule has 0 aromatic heterocycles. The molecule has 3 nitrogen and oxygen atoms in total. The summed E-state index contributed by atoms with van der Waals surface area (Å²) in [6, 6.07) is 0. The van der Waals surface area contributed by atoms with Crippen molar-refractivity contribution < 1.29 is 14.6 Å². The molecule has 0 bridgehead atoms. The van der Waals surface area contributed by atoms with Crippen molar-refractivity contribution in [1.82, 2.24) is 0 Å². The van der Waals surface area contributed by atoms with Gasteiger partial charge in [0.15, 0.2) is 3.74 Å². The molecule has 0 atom stereocenters. The van der Waals surface area contributed by atoms with E-state index in [4.69, 9.17) is 5.11 Å². The summed E-state index contributed by atoms with van der Waals surface area (Å²) in [5.74, 6) is -0.427. The van der Waals surface area contributed by atoms with Gasteiger partial charge in [-0.3, -0.25) is 0 Å². The third kappa shape index (κ3) is 4.87. The van der Waals surface area contributed by atoms with E-state index in [1.165, 1.54) is 0 Å². The Morgan fingerprint density at radius 1 is 1.67 bits per heavy atom. The van der Waals surface area contributed by atoms with E-state index in [0.717, 1.165) is 0 Å². The Labute approximate surface area is 69.6 Å². The molecule has 5 heteroatoms. The minimum absolute atomic E-state index is 0.0481. The second-order valence-corrected chi connectivity index (χ2v) is 4.25. The molecule has 0 heterocycles. The molecular formula is C4H6Br2O3. The average molecular weight is 262 g/mol. The normalized spacial score (nSPS) is 9.78. The first kappa shape index (κ1) is 9.39. The third-order valence-corrected chi connectivity index (χ3v) is 1.26. The van der Waals surface area contributed by atoms with Gasteiger partial charge in [-0.05, 0) is 0 Å². The van der Waals surface area contributed by atoms with E-state index in [2.05, 4.69) is 36.6 Å². The summed E-state index contributed by atoms with van der Waals surface area (Å²) >= 11 is 5.86. The first-order valence-corrected chi connectivity index (χ1v) is 4.07. The lowest BCUT2D eigenvalue weighted by Crippen LogP contribution is -2.13. The van der Waals surface area contributed by atoms with Crippen molar-refractivity contribution in [1.29, 1.82) is 0 Å². The lowest BCUT2D eigenvalue weighted by atomic mass is 10.7. The van der Waals surface area contributed by atoms with Gasteiger partial charge in [0.2, 0.25) is 0 Å². The minimum atomic E-state index is -0.475. The zero-order valence-corrected chi connectivity index (χ0v) is 7.68. The fourth-order valence-corrected chi connectivity index (χ4v) is 0.474. The molecule has 0 saturated heterocycles. The average Bonchev–Trinajstić information content (AvgIpc) is 1.82. The molecule has 0 rings (SSSR count). The Balaban J connectivity index is 3.28. The van der Waals surface area contributed by atoms with Crippen LogP contribution in [-0.4, -0.2) is 28.0 Å². The van der Waals surface area contributed by atoms with Gasteiger partial charge in [-0.2, -0.15) is 0 Å². The number of carbonyl (C=O) groups excluding carboxylic acids is 1. The van der Waals surface area contributed by atoms with Crippen molar-refractivity contribution in [3.05, 3.63) is 0 Å². The summed E-state index contributed by atoms with van der Waals surface area (Å²) in [5.41, 5.74) is 0. The summed E-state index contributed by atoms with van der Waals surface area (Å²) in [4.78, 5) is 10.5. The highest BCUT2D eigenvalue weighted by Gasteiger charge is 2.10. The van der Waals surface area contributed by atoms with Crippen molar-refractivity contribution in [3.63, 3.8) is 0 Å². The molecule has 9 heavy (non-hydrogen) atoms. The molecule has 0 saturated carbocycles. The highest BCUT2D eigenvalue weighted by molar-refractivity contribution is 9.25. The lowest BCUT2D eigenvalue weighted by Gasteiger charge is -2.01. The largest absolute Gasteiger partial charge is 0.462 e. The molecule has 0 aromatic rings. The van der Waals surface area contributed by atoms with E-state index >= 15 is 0 Å². The molecule has 0 spiro atoms. The van der Waals surface area contributed by atoms with Gasteiger partial charge in [0.25, 0.3) is 0 Å². The van der Waals surface area contributed by atoms with Gasteiger partial charge in [0.05, 0.1) is 6.61 Å².